The molecule has 0 aliphatic carbocycles. The van der Waals surface area contributed by atoms with Gasteiger partial charge in [-0.05, 0) is 50.1 Å². The standard InChI is InChI=1S/C17H19N3/c1-11-4-5-12(2)16(8-11)13(3)19-15-7-6-14-10-18-20-17(14)9-15/h4-10,13,19H,1-3H3,(H,18,20). The molecule has 2 N–H and O–H groups in total. The topological polar surface area (TPSA) is 40.7 Å². The number of aryl methyl sites for hydroxylation is 2. The third-order valence-corrected chi connectivity index (χ3v) is 3.73. The highest BCUT2D eigenvalue weighted by Gasteiger charge is 2.09. The van der Waals surface area contributed by atoms with Crippen molar-refractivity contribution in [3.05, 3.63) is 59.3 Å². The second-order valence-electron chi connectivity index (χ2n) is 5.40. The summed E-state index contributed by atoms with van der Waals surface area (Å²) in [5, 5.41) is 11.8. The molecule has 3 aromatic rings. The molecule has 0 aliphatic heterocycles. The number of H-pyrrole nitrogens is 1. The highest BCUT2D eigenvalue weighted by atomic mass is 15.1. The molecule has 0 bridgehead atoms. The zero-order valence-electron chi connectivity index (χ0n) is 12.1. The monoisotopic (exact) mass is 265 g/mol. The van der Waals surface area contributed by atoms with E-state index in [1.165, 1.54) is 16.7 Å². The van der Waals surface area contributed by atoms with Gasteiger partial charge in [0, 0.05) is 17.1 Å². The second-order valence-corrected chi connectivity index (χ2v) is 5.40. The Balaban J connectivity index is 1.87. The van der Waals surface area contributed by atoms with Crippen LogP contribution < -0.4 is 5.32 Å². The molecular weight excluding hydrogens is 246 g/mol. The van der Waals surface area contributed by atoms with E-state index in [0.717, 1.165) is 16.6 Å². The van der Waals surface area contributed by atoms with Gasteiger partial charge in [0.05, 0.1) is 11.7 Å². The summed E-state index contributed by atoms with van der Waals surface area (Å²) in [7, 11) is 0. The molecule has 1 atom stereocenters. The van der Waals surface area contributed by atoms with Gasteiger partial charge in [-0.1, -0.05) is 23.8 Å². The molecule has 0 radical (unpaired) electrons. The van der Waals surface area contributed by atoms with Crippen LogP contribution in [-0.2, 0) is 0 Å². The Morgan fingerprint density at radius 2 is 1.95 bits per heavy atom. The average molecular weight is 265 g/mol. The van der Waals surface area contributed by atoms with E-state index in [4.69, 9.17) is 0 Å². The number of hydrogen-bond donors (Lipinski definition) is 2. The van der Waals surface area contributed by atoms with E-state index < -0.39 is 0 Å². The summed E-state index contributed by atoms with van der Waals surface area (Å²) >= 11 is 0. The van der Waals surface area contributed by atoms with Gasteiger partial charge in [0.2, 0.25) is 0 Å². The van der Waals surface area contributed by atoms with Crippen LogP contribution in [0, 0.1) is 13.8 Å². The lowest BCUT2D eigenvalue weighted by molar-refractivity contribution is 0.872. The molecule has 0 aliphatic rings. The number of aromatic nitrogens is 2. The molecule has 3 nitrogen and oxygen atoms in total. The molecule has 2 aromatic carbocycles. The Bertz CT molecular complexity index is 743. The fraction of sp³-hybridized carbons (Fsp3) is 0.235. The van der Waals surface area contributed by atoms with Crippen molar-refractivity contribution in [2.24, 2.45) is 0 Å². The fourth-order valence-corrected chi connectivity index (χ4v) is 2.58. The average Bonchev–Trinajstić information content (AvgIpc) is 2.89. The van der Waals surface area contributed by atoms with Gasteiger partial charge in [-0.15, -0.1) is 0 Å². The third-order valence-electron chi connectivity index (χ3n) is 3.73. The van der Waals surface area contributed by atoms with Crippen LogP contribution >= 0.6 is 0 Å². The van der Waals surface area contributed by atoms with Crippen LogP contribution in [0.2, 0.25) is 0 Å². The third kappa shape index (κ3) is 2.39. The maximum atomic E-state index is 4.05. The highest BCUT2D eigenvalue weighted by Crippen LogP contribution is 2.24. The van der Waals surface area contributed by atoms with Gasteiger partial charge in [0.1, 0.15) is 0 Å². The molecule has 0 spiro atoms. The smallest absolute Gasteiger partial charge is 0.0670 e. The number of aromatic amines is 1. The predicted octanol–water partition coefficient (Wildman–Crippen LogP) is 4.35. The minimum absolute atomic E-state index is 0.273. The summed E-state index contributed by atoms with van der Waals surface area (Å²) < 4.78 is 0. The van der Waals surface area contributed by atoms with Crippen LogP contribution in [0.5, 0.6) is 0 Å². The Hall–Kier alpha value is -2.29. The number of rotatable bonds is 3. The largest absolute Gasteiger partial charge is 0.378 e. The Kier molecular flexibility index (Phi) is 3.18. The van der Waals surface area contributed by atoms with Crippen molar-refractivity contribution in [2.75, 3.05) is 5.32 Å². The molecule has 20 heavy (non-hydrogen) atoms. The van der Waals surface area contributed by atoms with Crippen molar-refractivity contribution < 1.29 is 0 Å². The number of anilines is 1. The van der Waals surface area contributed by atoms with Crippen LogP contribution in [0.4, 0.5) is 5.69 Å². The summed E-state index contributed by atoms with van der Waals surface area (Å²) in [5.74, 6) is 0. The first-order valence-corrected chi connectivity index (χ1v) is 6.90. The minimum Gasteiger partial charge on any atom is -0.378 e. The zero-order valence-corrected chi connectivity index (χ0v) is 12.1. The van der Waals surface area contributed by atoms with Crippen molar-refractivity contribution >= 4 is 16.6 Å². The maximum absolute atomic E-state index is 4.05. The molecule has 0 saturated heterocycles. The molecule has 1 heterocycles. The van der Waals surface area contributed by atoms with E-state index in [-0.39, 0.29) is 6.04 Å². The van der Waals surface area contributed by atoms with Crippen LogP contribution in [0.3, 0.4) is 0 Å². The van der Waals surface area contributed by atoms with E-state index >= 15 is 0 Å². The first-order chi connectivity index (χ1) is 9.63. The van der Waals surface area contributed by atoms with Gasteiger partial charge < -0.3 is 5.32 Å². The molecule has 1 unspecified atom stereocenters. The van der Waals surface area contributed by atoms with Gasteiger partial charge in [-0.25, -0.2) is 0 Å². The van der Waals surface area contributed by atoms with Crippen LogP contribution in [0.15, 0.2) is 42.6 Å². The lowest BCUT2D eigenvalue weighted by Gasteiger charge is -2.18. The van der Waals surface area contributed by atoms with Crippen LogP contribution in [0.1, 0.15) is 29.7 Å². The molecule has 102 valence electrons. The van der Waals surface area contributed by atoms with E-state index in [2.05, 4.69) is 72.7 Å². The van der Waals surface area contributed by atoms with E-state index in [1.807, 2.05) is 6.20 Å². The zero-order chi connectivity index (χ0) is 14.1. The molecule has 0 fully saturated rings. The van der Waals surface area contributed by atoms with Gasteiger partial charge in [0.15, 0.2) is 0 Å². The molecule has 0 saturated carbocycles. The van der Waals surface area contributed by atoms with Crippen molar-refractivity contribution in [1.29, 1.82) is 0 Å². The minimum atomic E-state index is 0.273. The number of nitrogens with one attached hydrogen (secondary N) is 2. The summed E-state index contributed by atoms with van der Waals surface area (Å²) in [5.41, 5.74) is 6.12. The number of hydrogen-bond acceptors (Lipinski definition) is 2. The van der Waals surface area contributed by atoms with Gasteiger partial charge in [-0.3, -0.25) is 5.10 Å². The van der Waals surface area contributed by atoms with Crippen LogP contribution in [0.25, 0.3) is 10.9 Å². The normalized spacial score (nSPS) is 12.6. The van der Waals surface area contributed by atoms with E-state index in [1.54, 1.807) is 0 Å². The quantitative estimate of drug-likeness (QED) is 0.739. The molecule has 1 aromatic heterocycles. The fourth-order valence-electron chi connectivity index (χ4n) is 2.58. The summed E-state index contributed by atoms with van der Waals surface area (Å²) in [6.45, 7) is 6.48. The lowest BCUT2D eigenvalue weighted by atomic mass is 10.00. The Morgan fingerprint density at radius 3 is 2.80 bits per heavy atom. The first-order valence-electron chi connectivity index (χ1n) is 6.90. The predicted molar refractivity (Wildman–Crippen MR) is 84.0 cm³/mol. The summed E-state index contributed by atoms with van der Waals surface area (Å²) in [6, 6.07) is 13.1. The van der Waals surface area contributed by atoms with Crippen LogP contribution in [-0.4, -0.2) is 10.2 Å². The molecule has 3 rings (SSSR count). The van der Waals surface area contributed by atoms with E-state index in [0.29, 0.717) is 0 Å². The van der Waals surface area contributed by atoms with Gasteiger partial charge in [-0.2, -0.15) is 5.10 Å². The highest BCUT2D eigenvalue weighted by molar-refractivity contribution is 5.81. The molecule has 0 amide bonds. The summed E-state index contributed by atoms with van der Waals surface area (Å²) in [6.07, 6.45) is 1.84. The van der Waals surface area contributed by atoms with Crippen molar-refractivity contribution in [3.63, 3.8) is 0 Å². The first kappa shape index (κ1) is 12.7. The van der Waals surface area contributed by atoms with Gasteiger partial charge >= 0.3 is 0 Å². The summed E-state index contributed by atoms with van der Waals surface area (Å²) in [4.78, 5) is 0. The Labute approximate surface area is 119 Å². The van der Waals surface area contributed by atoms with Crippen molar-refractivity contribution in [2.45, 2.75) is 26.8 Å². The Morgan fingerprint density at radius 1 is 1.10 bits per heavy atom. The SMILES string of the molecule is Cc1ccc(C)c(C(C)Nc2ccc3cn[nH]c3c2)c1. The maximum Gasteiger partial charge on any atom is 0.0670 e. The van der Waals surface area contributed by atoms with Crippen molar-refractivity contribution in [1.82, 2.24) is 10.2 Å². The number of nitrogens with zero attached hydrogens (tertiary/aromatic N) is 1. The number of benzene rings is 2. The van der Waals surface area contributed by atoms with Crippen molar-refractivity contribution in [3.8, 4) is 0 Å². The molecular formula is C17H19N3. The lowest BCUT2D eigenvalue weighted by Crippen LogP contribution is -2.08. The number of fused-ring (bicyclic) bond motifs is 1. The molecule has 3 heteroatoms. The van der Waals surface area contributed by atoms with Gasteiger partial charge in [0.25, 0.3) is 0 Å². The van der Waals surface area contributed by atoms with E-state index in [9.17, 15) is 0 Å². The second kappa shape index (κ2) is 5.00.